The van der Waals surface area contributed by atoms with Crippen molar-refractivity contribution in [2.45, 2.75) is 109 Å². The lowest BCUT2D eigenvalue weighted by Gasteiger charge is -2.25. The molecule has 0 fully saturated rings. The molecule has 0 N–H and O–H groups in total. The predicted molar refractivity (Wildman–Crippen MR) is 123 cm³/mol. The van der Waals surface area contributed by atoms with Crippen LogP contribution in [0.5, 0.6) is 5.75 Å². The lowest BCUT2D eigenvalue weighted by molar-refractivity contribution is 0.185. The Morgan fingerprint density at radius 3 is 2.11 bits per heavy atom. The van der Waals surface area contributed by atoms with E-state index in [0.717, 1.165) is 12.2 Å². The fraction of sp³-hybridized carbons (Fsp3) is 0.680. The lowest BCUT2D eigenvalue weighted by Crippen LogP contribution is -2.06. The second-order valence-electron chi connectivity index (χ2n) is 8.06. The van der Waals surface area contributed by atoms with Crippen molar-refractivity contribution < 1.29 is 9.05 Å². The van der Waals surface area contributed by atoms with E-state index in [0.29, 0.717) is 0 Å². The Labute approximate surface area is 175 Å². The maximum atomic E-state index is 5.83. The second-order valence-corrected chi connectivity index (χ2v) is 8.66. The molecule has 1 aliphatic heterocycles. The number of fused-ring (bicyclic) bond motifs is 1. The molecule has 1 aliphatic rings. The van der Waals surface area contributed by atoms with Crippen molar-refractivity contribution in [2.24, 2.45) is 0 Å². The molecule has 2 rings (SSSR count). The largest absolute Gasteiger partial charge is 0.449 e. The number of hydrogen-bond acceptors (Lipinski definition) is 2. The molecule has 0 radical (unpaired) electrons. The standard InChI is InChI=1S/C25H41O2P/c1-2-3-4-5-6-7-8-9-10-11-12-13-14-15-16-17-21-24-23-20-18-19-22-25(23)27-28-26-24/h9-10,18-20,22,24,28H,2-8,11-17,21H2,1H3. The summed E-state index contributed by atoms with van der Waals surface area (Å²) in [7, 11) is 0.153. The van der Waals surface area contributed by atoms with Crippen molar-refractivity contribution in [3.63, 3.8) is 0 Å². The van der Waals surface area contributed by atoms with Crippen molar-refractivity contribution in [3.8, 4) is 5.75 Å². The molecule has 0 spiro atoms. The quantitative estimate of drug-likeness (QED) is 0.155. The van der Waals surface area contributed by atoms with E-state index >= 15 is 0 Å². The average Bonchev–Trinajstić information content (AvgIpc) is 2.73. The van der Waals surface area contributed by atoms with E-state index in [1.807, 2.05) is 6.07 Å². The summed E-state index contributed by atoms with van der Waals surface area (Å²) in [4.78, 5) is 0. The van der Waals surface area contributed by atoms with Crippen LogP contribution in [0, 0.1) is 0 Å². The number of hydrogen-bond donors (Lipinski definition) is 0. The van der Waals surface area contributed by atoms with E-state index in [1.165, 1.54) is 95.5 Å². The van der Waals surface area contributed by atoms with Crippen LogP contribution >= 0.6 is 9.03 Å². The minimum Gasteiger partial charge on any atom is -0.449 e. The highest BCUT2D eigenvalue weighted by atomic mass is 31.1. The predicted octanol–water partition coefficient (Wildman–Crippen LogP) is 9.07. The summed E-state index contributed by atoms with van der Waals surface area (Å²) in [5.74, 6) is 1.02. The Bertz CT molecular complexity index is 529. The first-order valence-electron chi connectivity index (χ1n) is 11.7. The SMILES string of the molecule is CCCCCCCCC=CCCCCCCCCC1OPOc2ccccc21. The summed E-state index contributed by atoms with van der Waals surface area (Å²) in [6.45, 7) is 2.28. The lowest BCUT2D eigenvalue weighted by atomic mass is 10.0. The van der Waals surface area contributed by atoms with Crippen molar-refractivity contribution in [1.82, 2.24) is 0 Å². The molecule has 2 nitrogen and oxygen atoms in total. The normalized spacial score (nSPS) is 17.1. The van der Waals surface area contributed by atoms with Crippen LogP contribution in [0.25, 0.3) is 0 Å². The first kappa shape index (κ1) is 23.4. The van der Waals surface area contributed by atoms with Gasteiger partial charge in [-0.05, 0) is 38.2 Å². The summed E-state index contributed by atoms with van der Waals surface area (Å²) >= 11 is 0. The minimum atomic E-state index is 0.153. The molecule has 0 bridgehead atoms. The first-order chi connectivity index (χ1) is 13.9. The molecule has 0 aliphatic carbocycles. The zero-order chi connectivity index (χ0) is 19.7. The highest BCUT2D eigenvalue weighted by molar-refractivity contribution is 7.26. The van der Waals surface area contributed by atoms with Gasteiger partial charge in [0.25, 0.3) is 0 Å². The highest BCUT2D eigenvalue weighted by Crippen LogP contribution is 2.42. The molecule has 28 heavy (non-hydrogen) atoms. The Hall–Kier alpha value is -0.850. The summed E-state index contributed by atoms with van der Waals surface area (Å²) in [5.41, 5.74) is 1.23. The van der Waals surface area contributed by atoms with Gasteiger partial charge in [-0.25, -0.2) is 0 Å². The van der Waals surface area contributed by atoms with Crippen LogP contribution in [-0.4, -0.2) is 0 Å². The second kappa shape index (κ2) is 16.0. The molecule has 0 saturated heterocycles. The van der Waals surface area contributed by atoms with Crippen LogP contribution in [0.2, 0.25) is 0 Å². The van der Waals surface area contributed by atoms with Gasteiger partial charge in [-0.15, -0.1) is 0 Å². The fourth-order valence-corrected chi connectivity index (χ4v) is 4.51. The zero-order valence-electron chi connectivity index (χ0n) is 18.0. The van der Waals surface area contributed by atoms with Crippen LogP contribution in [0.1, 0.15) is 115 Å². The Morgan fingerprint density at radius 1 is 0.786 bits per heavy atom. The molecular formula is C25H41O2P. The average molecular weight is 405 g/mol. The zero-order valence-corrected chi connectivity index (χ0v) is 19.0. The minimum absolute atomic E-state index is 0.153. The molecule has 0 amide bonds. The third-order valence-corrected chi connectivity index (χ3v) is 6.27. The maximum Gasteiger partial charge on any atom is 0.215 e. The molecule has 2 unspecified atom stereocenters. The van der Waals surface area contributed by atoms with Crippen molar-refractivity contribution in [1.29, 1.82) is 0 Å². The topological polar surface area (TPSA) is 18.5 Å². The number of para-hydroxylation sites is 1. The monoisotopic (exact) mass is 404 g/mol. The maximum absolute atomic E-state index is 5.83. The number of unbranched alkanes of at least 4 members (excludes halogenated alkanes) is 12. The van der Waals surface area contributed by atoms with Crippen molar-refractivity contribution in [3.05, 3.63) is 42.0 Å². The molecule has 1 aromatic carbocycles. The molecule has 2 atom stereocenters. The van der Waals surface area contributed by atoms with Gasteiger partial charge in [0.1, 0.15) is 5.75 Å². The molecule has 3 heteroatoms. The van der Waals surface area contributed by atoms with Gasteiger partial charge in [0.15, 0.2) is 0 Å². The van der Waals surface area contributed by atoms with E-state index in [1.54, 1.807) is 0 Å². The van der Waals surface area contributed by atoms with Gasteiger partial charge in [0.05, 0.1) is 6.10 Å². The fourth-order valence-electron chi connectivity index (χ4n) is 3.82. The third-order valence-electron chi connectivity index (χ3n) is 5.59. The van der Waals surface area contributed by atoms with E-state index in [4.69, 9.17) is 9.05 Å². The van der Waals surface area contributed by atoms with E-state index in [9.17, 15) is 0 Å². The van der Waals surface area contributed by atoms with Crippen LogP contribution in [-0.2, 0) is 4.52 Å². The summed E-state index contributed by atoms with van der Waals surface area (Å²) in [5, 5.41) is 0. The van der Waals surface area contributed by atoms with E-state index in [2.05, 4.69) is 37.3 Å². The summed E-state index contributed by atoms with van der Waals surface area (Å²) in [6, 6.07) is 8.31. The molecular weight excluding hydrogens is 363 g/mol. The number of allylic oxidation sites excluding steroid dienone is 2. The number of benzene rings is 1. The Kier molecular flexibility index (Phi) is 13.4. The Morgan fingerprint density at radius 2 is 1.39 bits per heavy atom. The van der Waals surface area contributed by atoms with Crippen LogP contribution in [0.3, 0.4) is 0 Å². The number of rotatable bonds is 16. The first-order valence-corrected chi connectivity index (χ1v) is 12.5. The third kappa shape index (κ3) is 10.1. The van der Waals surface area contributed by atoms with Gasteiger partial charge in [0, 0.05) is 5.56 Å². The van der Waals surface area contributed by atoms with Gasteiger partial charge in [-0.1, -0.05) is 101 Å². The van der Waals surface area contributed by atoms with Gasteiger partial charge in [-0.3, -0.25) is 0 Å². The highest BCUT2D eigenvalue weighted by Gasteiger charge is 2.21. The van der Waals surface area contributed by atoms with E-state index < -0.39 is 0 Å². The Balaban J connectivity index is 1.37. The molecule has 1 aromatic rings. The van der Waals surface area contributed by atoms with Gasteiger partial charge in [0.2, 0.25) is 9.03 Å². The summed E-state index contributed by atoms with van der Waals surface area (Å²) in [6.07, 6.45) is 25.1. The van der Waals surface area contributed by atoms with Crippen LogP contribution in [0.4, 0.5) is 0 Å². The molecule has 158 valence electrons. The van der Waals surface area contributed by atoms with Crippen LogP contribution < -0.4 is 4.52 Å². The van der Waals surface area contributed by atoms with Gasteiger partial charge >= 0.3 is 0 Å². The smallest absolute Gasteiger partial charge is 0.215 e. The van der Waals surface area contributed by atoms with Crippen molar-refractivity contribution >= 4 is 9.03 Å². The van der Waals surface area contributed by atoms with E-state index in [-0.39, 0.29) is 15.1 Å². The summed E-state index contributed by atoms with van der Waals surface area (Å²) < 4.78 is 11.4. The van der Waals surface area contributed by atoms with Gasteiger partial charge in [-0.2, -0.15) is 0 Å². The molecule has 0 aromatic heterocycles. The molecule has 0 saturated carbocycles. The molecule has 1 heterocycles. The van der Waals surface area contributed by atoms with Crippen LogP contribution in [0.15, 0.2) is 36.4 Å². The van der Waals surface area contributed by atoms with Gasteiger partial charge < -0.3 is 9.05 Å². The van der Waals surface area contributed by atoms with Crippen molar-refractivity contribution in [2.75, 3.05) is 0 Å².